The second kappa shape index (κ2) is 8.12. The monoisotopic (exact) mass is 349 g/mol. The summed E-state index contributed by atoms with van der Waals surface area (Å²) in [6, 6.07) is 7.72. The molecule has 0 bridgehead atoms. The smallest absolute Gasteiger partial charge is 0.246 e. The van der Waals surface area contributed by atoms with Gasteiger partial charge in [-0.25, -0.2) is 0 Å². The molecule has 1 saturated heterocycles. The van der Waals surface area contributed by atoms with Crippen LogP contribution < -0.4 is 10.6 Å². The van der Waals surface area contributed by atoms with E-state index in [2.05, 4.69) is 25.8 Å². The van der Waals surface area contributed by atoms with Crippen LogP contribution >= 0.6 is 11.6 Å². The predicted molar refractivity (Wildman–Crippen MR) is 91.9 cm³/mol. The van der Waals surface area contributed by atoms with Crippen molar-refractivity contribution >= 4 is 17.6 Å². The van der Waals surface area contributed by atoms with Gasteiger partial charge in [-0.2, -0.15) is 4.98 Å². The lowest BCUT2D eigenvalue weighted by Crippen LogP contribution is -2.45. The maximum Gasteiger partial charge on any atom is 0.246 e. The number of guanidine groups is 1. The minimum absolute atomic E-state index is 0.370. The fraction of sp³-hybridized carbons (Fsp3) is 0.438. The first kappa shape index (κ1) is 16.7. The maximum atomic E-state index is 5.98. The Balaban J connectivity index is 1.56. The number of benzene rings is 1. The third-order valence-electron chi connectivity index (χ3n) is 3.74. The van der Waals surface area contributed by atoms with E-state index in [1.807, 2.05) is 12.1 Å². The van der Waals surface area contributed by atoms with Crippen LogP contribution in [0.15, 0.2) is 33.8 Å². The van der Waals surface area contributed by atoms with Crippen LogP contribution in [0.1, 0.15) is 18.7 Å². The van der Waals surface area contributed by atoms with Gasteiger partial charge in [-0.1, -0.05) is 28.9 Å². The zero-order valence-electron chi connectivity index (χ0n) is 13.5. The molecule has 0 spiro atoms. The van der Waals surface area contributed by atoms with E-state index in [9.17, 15) is 0 Å². The van der Waals surface area contributed by atoms with Crippen molar-refractivity contribution in [3.05, 3.63) is 35.2 Å². The molecule has 2 aromatic rings. The summed E-state index contributed by atoms with van der Waals surface area (Å²) in [6.07, 6.45) is 1.94. The number of aliphatic imine (C=N–C) groups is 1. The summed E-state index contributed by atoms with van der Waals surface area (Å²) in [7, 11) is 1.74. The number of hydrogen-bond donors (Lipinski definition) is 2. The Morgan fingerprint density at radius 2 is 2.21 bits per heavy atom. The lowest BCUT2D eigenvalue weighted by atomic mass is 10.1. The van der Waals surface area contributed by atoms with Gasteiger partial charge in [-0.15, -0.1) is 0 Å². The number of aromatic nitrogens is 2. The Morgan fingerprint density at radius 3 is 2.96 bits per heavy atom. The summed E-state index contributed by atoms with van der Waals surface area (Å²) in [5.74, 6) is 1.71. The summed E-state index contributed by atoms with van der Waals surface area (Å²) < 4.78 is 10.6. The molecule has 1 aromatic carbocycles. The van der Waals surface area contributed by atoms with Crippen LogP contribution in [0.4, 0.5) is 0 Å². The van der Waals surface area contributed by atoms with Crippen molar-refractivity contribution in [2.24, 2.45) is 4.99 Å². The third kappa shape index (κ3) is 4.46. The zero-order valence-corrected chi connectivity index (χ0v) is 14.2. The maximum absolute atomic E-state index is 5.98. The predicted octanol–water partition coefficient (Wildman–Crippen LogP) is 2.23. The average molecular weight is 350 g/mol. The second-order valence-corrected chi connectivity index (χ2v) is 5.92. The van der Waals surface area contributed by atoms with Gasteiger partial charge in [0.1, 0.15) is 0 Å². The molecule has 7 nitrogen and oxygen atoms in total. The molecule has 0 aliphatic carbocycles. The van der Waals surface area contributed by atoms with Crippen molar-refractivity contribution < 1.29 is 9.26 Å². The molecule has 8 heteroatoms. The van der Waals surface area contributed by atoms with E-state index in [0.29, 0.717) is 35.3 Å². The standard InChI is InChI=1S/C16H20ClN5O2/c1-18-16(20-13-5-7-23-8-6-13)19-10-14-21-15(22-24-14)11-3-2-4-12(17)9-11/h2-4,9,13H,5-8,10H2,1H3,(H2,18,19,20). The molecule has 1 aliphatic heterocycles. The number of hydrogen-bond acceptors (Lipinski definition) is 5. The van der Waals surface area contributed by atoms with Gasteiger partial charge in [0.25, 0.3) is 0 Å². The lowest BCUT2D eigenvalue weighted by Gasteiger charge is -2.24. The summed E-state index contributed by atoms with van der Waals surface area (Å²) in [5.41, 5.74) is 0.821. The molecule has 3 rings (SSSR count). The fourth-order valence-corrected chi connectivity index (χ4v) is 2.65. The largest absolute Gasteiger partial charge is 0.381 e. The first-order chi connectivity index (χ1) is 11.7. The number of halogens is 1. The van der Waals surface area contributed by atoms with Crippen molar-refractivity contribution in [1.82, 2.24) is 20.8 Å². The molecule has 1 aromatic heterocycles. The molecule has 128 valence electrons. The van der Waals surface area contributed by atoms with Crippen molar-refractivity contribution in [2.45, 2.75) is 25.4 Å². The Labute approximate surface area is 145 Å². The average Bonchev–Trinajstić information content (AvgIpc) is 3.08. The molecule has 0 amide bonds. The summed E-state index contributed by atoms with van der Waals surface area (Å²) >= 11 is 5.98. The van der Waals surface area contributed by atoms with E-state index >= 15 is 0 Å². The molecule has 24 heavy (non-hydrogen) atoms. The molecule has 1 fully saturated rings. The molecule has 2 heterocycles. The van der Waals surface area contributed by atoms with Gasteiger partial charge in [0.05, 0.1) is 6.54 Å². The lowest BCUT2D eigenvalue weighted by molar-refractivity contribution is 0.0822. The van der Waals surface area contributed by atoms with E-state index in [0.717, 1.165) is 31.6 Å². The molecular weight excluding hydrogens is 330 g/mol. The Hall–Kier alpha value is -2.12. The first-order valence-electron chi connectivity index (χ1n) is 7.88. The van der Waals surface area contributed by atoms with Crippen LogP contribution in [0, 0.1) is 0 Å². The van der Waals surface area contributed by atoms with Crippen LogP contribution in [0.2, 0.25) is 5.02 Å². The molecule has 0 unspecified atom stereocenters. The number of ether oxygens (including phenoxy) is 1. The highest BCUT2D eigenvalue weighted by molar-refractivity contribution is 6.30. The van der Waals surface area contributed by atoms with E-state index in [1.165, 1.54) is 0 Å². The van der Waals surface area contributed by atoms with Crippen LogP contribution in [-0.4, -0.2) is 42.4 Å². The van der Waals surface area contributed by atoms with Gasteiger partial charge in [0, 0.05) is 36.9 Å². The van der Waals surface area contributed by atoms with Gasteiger partial charge in [-0.3, -0.25) is 4.99 Å². The molecular formula is C16H20ClN5O2. The van der Waals surface area contributed by atoms with Gasteiger partial charge in [0.2, 0.25) is 11.7 Å². The number of nitrogens with one attached hydrogen (secondary N) is 2. The molecule has 1 aliphatic rings. The Bertz CT molecular complexity index is 697. The molecule has 0 radical (unpaired) electrons. The summed E-state index contributed by atoms with van der Waals surface area (Å²) in [6.45, 7) is 1.96. The fourth-order valence-electron chi connectivity index (χ4n) is 2.46. The quantitative estimate of drug-likeness (QED) is 0.650. The number of nitrogens with zero attached hydrogens (tertiary/aromatic N) is 3. The molecule has 0 saturated carbocycles. The highest BCUT2D eigenvalue weighted by atomic mass is 35.5. The topological polar surface area (TPSA) is 84.6 Å². The van der Waals surface area contributed by atoms with Crippen molar-refractivity contribution in [2.75, 3.05) is 20.3 Å². The number of rotatable bonds is 4. The first-order valence-corrected chi connectivity index (χ1v) is 8.26. The van der Waals surface area contributed by atoms with Crippen molar-refractivity contribution in [3.63, 3.8) is 0 Å². The third-order valence-corrected chi connectivity index (χ3v) is 3.98. The van der Waals surface area contributed by atoms with E-state index in [-0.39, 0.29) is 0 Å². The molecule has 0 atom stereocenters. The Kier molecular flexibility index (Phi) is 5.66. The van der Waals surface area contributed by atoms with Crippen LogP contribution in [0.3, 0.4) is 0 Å². The van der Waals surface area contributed by atoms with E-state index < -0.39 is 0 Å². The highest BCUT2D eigenvalue weighted by Crippen LogP contribution is 2.19. The second-order valence-electron chi connectivity index (χ2n) is 5.48. The van der Waals surface area contributed by atoms with Crippen LogP contribution in [0.25, 0.3) is 11.4 Å². The minimum atomic E-state index is 0.370. The van der Waals surface area contributed by atoms with Crippen molar-refractivity contribution in [1.29, 1.82) is 0 Å². The van der Waals surface area contributed by atoms with Gasteiger partial charge in [-0.05, 0) is 25.0 Å². The Morgan fingerprint density at radius 1 is 1.38 bits per heavy atom. The van der Waals surface area contributed by atoms with Crippen molar-refractivity contribution in [3.8, 4) is 11.4 Å². The minimum Gasteiger partial charge on any atom is -0.381 e. The van der Waals surface area contributed by atoms with Gasteiger partial charge >= 0.3 is 0 Å². The zero-order chi connectivity index (χ0) is 16.8. The van der Waals surface area contributed by atoms with Crippen LogP contribution in [0.5, 0.6) is 0 Å². The molecule has 2 N–H and O–H groups in total. The normalized spacial score (nSPS) is 16.2. The van der Waals surface area contributed by atoms with Gasteiger partial charge in [0.15, 0.2) is 5.96 Å². The summed E-state index contributed by atoms with van der Waals surface area (Å²) in [4.78, 5) is 8.59. The highest BCUT2D eigenvalue weighted by Gasteiger charge is 2.15. The van der Waals surface area contributed by atoms with Gasteiger partial charge < -0.3 is 19.9 Å². The van der Waals surface area contributed by atoms with E-state index in [4.69, 9.17) is 20.9 Å². The SMILES string of the molecule is CN=C(NCc1nc(-c2cccc(Cl)c2)no1)NC1CCOCC1. The van der Waals surface area contributed by atoms with Crippen LogP contribution in [-0.2, 0) is 11.3 Å². The van der Waals surface area contributed by atoms with E-state index in [1.54, 1.807) is 19.2 Å². The summed E-state index contributed by atoms with van der Waals surface area (Å²) in [5, 5.41) is 11.2.